The van der Waals surface area contributed by atoms with Crippen molar-refractivity contribution in [2.24, 2.45) is 0 Å². The van der Waals surface area contributed by atoms with Crippen molar-refractivity contribution in [3.05, 3.63) is 69.4 Å². The number of thiophene rings is 1. The first-order valence-corrected chi connectivity index (χ1v) is 12.8. The fourth-order valence-electron chi connectivity index (χ4n) is 3.54. The first-order chi connectivity index (χ1) is 14.9. The lowest BCUT2D eigenvalue weighted by atomic mass is 9.90. The Morgan fingerprint density at radius 1 is 1.13 bits per heavy atom. The number of anilines is 1. The molecule has 2 heterocycles. The quantitative estimate of drug-likeness (QED) is 0.432. The van der Waals surface area contributed by atoms with E-state index in [-0.39, 0.29) is 28.0 Å². The van der Waals surface area contributed by atoms with Gasteiger partial charge in [-0.15, -0.1) is 11.3 Å². The third-order valence-corrected chi connectivity index (χ3v) is 8.51. The van der Waals surface area contributed by atoms with E-state index in [1.165, 1.54) is 23.5 Å². The molecular formula is C23H22ClNO4S2. The molecule has 0 bridgehead atoms. The first-order valence-electron chi connectivity index (χ1n) is 10.0. The van der Waals surface area contributed by atoms with Crippen LogP contribution in [0.5, 0.6) is 5.75 Å². The fraction of sp³-hybridized carbons (Fsp3) is 0.261. The molecule has 31 heavy (non-hydrogen) atoms. The minimum absolute atomic E-state index is 0.118. The molecule has 3 aromatic rings. The van der Waals surface area contributed by atoms with Gasteiger partial charge in [-0.25, -0.2) is 8.42 Å². The highest BCUT2D eigenvalue weighted by atomic mass is 35.5. The van der Waals surface area contributed by atoms with Crippen LogP contribution in [0.1, 0.15) is 42.5 Å². The molecule has 4 rings (SSSR count). The van der Waals surface area contributed by atoms with E-state index in [2.05, 4.69) is 12.2 Å². The summed E-state index contributed by atoms with van der Waals surface area (Å²) in [6.07, 6.45) is 2.33. The van der Waals surface area contributed by atoms with Gasteiger partial charge in [0.15, 0.2) is 0 Å². The highest BCUT2D eigenvalue weighted by Crippen LogP contribution is 2.46. The molecule has 1 aromatic heterocycles. The van der Waals surface area contributed by atoms with E-state index in [1.54, 1.807) is 17.5 Å². The van der Waals surface area contributed by atoms with Crippen molar-refractivity contribution in [2.45, 2.75) is 41.9 Å². The molecule has 0 saturated carbocycles. The Labute approximate surface area is 190 Å². The molecule has 0 spiro atoms. The topological polar surface area (TPSA) is 72.5 Å². The third-order valence-electron chi connectivity index (χ3n) is 5.22. The number of fused-ring (bicyclic) bond motifs is 1. The van der Waals surface area contributed by atoms with Crippen LogP contribution in [0.2, 0.25) is 5.02 Å². The number of halogens is 1. The number of sulfone groups is 1. The van der Waals surface area contributed by atoms with E-state index in [1.807, 2.05) is 24.3 Å². The van der Waals surface area contributed by atoms with Crippen molar-refractivity contribution in [2.75, 3.05) is 11.9 Å². The van der Waals surface area contributed by atoms with Crippen LogP contribution in [0.4, 0.5) is 5.69 Å². The second-order valence-electron chi connectivity index (χ2n) is 7.37. The van der Waals surface area contributed by atoms with Gasteiger partial charge in [0, 0.05) is 27.6 Å². The standard InChI is InChI=1S/C23H22ClNO4S2/c1-2-3-12-29-17-8-4-15(5-9-17)19-13-21(26)25-22-20(14-30-23(19)22)31(27,28)18-10-6-16(24)7-11-18/h4-11,14,19H,2-3,12-13H2,1H3,(H,25,26)/t19-/m0/s1. The molecule has 2 aromatic carbocycles. The zero-order valence-corrected chi connectivity index (χ0v) is 19.3. The minimum Gasteiger partial charge on any atom is -0.494 e. The Morgan fingerprint density at radius 3 is 2.52 bits per heavy atom. The number of carbonyl (C=O) groups is 1. The third kappa shape index (κ3) is 4.49. The summed E-state index contributed by atoms with van der Waals surface area (Å²) in [6, 6.07) is 13.7. The predicted octanol–water partition coefficient (Wildman–Crippen LogP) is 5.89. The van der Waals surface area contributed by atoms with E-state index < -0.39 is 9.84 Å². The highest BCUT2D eigenvalue weighted by molar-refractivity contribution is 7.91. The van der Waals surface area contributed by atoms with Crippen LogP contribution in [-0.2, 0) is 14.6 Å². The fourth-order valence-corrected chi connectivity index (χ4v) is 6.58. The SMILES string of the molecule is CCCCOc1ccc([C@@H]2CC(=O)Nc3c(S(=O)(=O)c4ccc(Cl)cc4)csc32)cc1. The second kappa shape index (κ2) is 9.02. The van der Waals surface area contributed by atoms with E-state index in [9.17, 15) is 13.2 Å². The van der Waals surface area contributed by atoms with Crippen molar-refractivity contribution < 1.29 is 17.9 Å². The van der Waals surface area contributed by atoms with Gasteiger partial charge in [0.05, 0.1) is 17.2 Å². The molecule has 1 atom stereocenters. The molecule has 1 N–H and O–H groups in total. The summed E-state index contributed by atoms with van der Waals surface area (Å²) >= 11 is 7.25. The molecular weight excluding hydrogens is 454 g/mol. The molecule has 0 fully saturated rings. The van der Waals surface area contributed by atoms with Gasteiger partial charge >= 0.3 is 0 Å². The number of carbonyl (C=O) groups excluding carboxylic acids is 1. The summed E-state index contributed by atoms with van der Waals surface area (Å²) in [5.74, 6) is 0.384. The van der Waals surface area contributed by atoms with Crippen LogP contribution in [0, 0.1) is 0 Å². The van der Waals surface area contributed by atoms with Crippen LogP contribution in [0.15, 0.2) is 63.7 Å². The number of amides is 1. The maximum atomic E-state index is 13.2. The summed E-state index contributed by atoms with van der Waals surface area (Å²) in [5.41, 5.74) is 1.33. The number of unbranched alkanes of at least 4 members (excludes halogenated alkanes) is 1. The Bertz CT molecular complexity index is 1190. The number of hydrogen-bond donors (Lipinski definition) is 1. The molecule has 162 valence electrons. The molecule has 0 unspecified atom stereocenters. The average Bonchev–Trinajstić information content (AvgIpc) is 3.19. The maximum Gasteiger partial charge on any atom is 0.225 e. The van der Waals surface area contributed by atoms with Crippen LogP contribution < -0.4 is 10.1 Å². The molecule has 1 aliphatic rings. The van der Waals surface area contributed by atoms with Crippen molar-refractivity contribution in [3.8, 4) is 5.75 Å². The van der Waals surface area contributed by atoms with E-state index in [0.717, 1.165) is 29.0 Å². The number of ether oxygens (including phenoxy) is 1. The molecule has 5 nitrogen and oxygen atoms in total. The van der Waals surface area contributed by atoms with Gasteiger partial charge in [-0.1, -0.05) is 37.1 Å². The van der Waals surface area contributed by atoms with E-state index in [4.69, 9.17) is 16.3 Å². The molecule has 0 radical (unpaired) electrons. The first kappa shape index (κ1) is 21.9. The van der Waals surface area contributed by atoms with Crippen LogP contribution in [0.3, 0.4) is 0 Å². The average molecular weight is 476 g/mol. The summed E-state index contributed by atoms with van der Waals surface area (Å²) in [4.78, 5) is 13.6. The number of rotatable bonds is 7. The lowest BCUT2D eigenvalue weighted by molar-refractivity contribution is -0.116. The largest absolute Gasteiger partial charge is 0.494 e. The van der Waals surface area contributed by atoms with Gasteiger partial charge in [-0.05, 0) is 48.4 Å². The van der Waals surface area contributed by atoms with E-state index >= 15 is 0 Å². The van der Waals surface area contributed by atoms with Crippen molar-refractivity contribution in [3.63, 3.8) is 0 Å². The smallest absolute Gasteiger partial charge is 0.225 e. The van der Waals surface area contributed by atoms with Gasteiger partial charge in [0.25, 0.3) is 0 Å². The lowest BCUT2D eigenvalue weighted by Gasteiger charge is -2.24. The predicted molar refractivity (Wildman–Crippen MR) is 123 cm³/mol. The second-order valence-corrected chi connectivity index (χ2v) is 10.6. The molecule has 8 heteroatoms. The highest BCUT2D eigenvalue weighted by Gasteiger charge is 2.34. The van der Waals surface area contributed by atoms with Gasteiger partial charge in [-0.2, -0.15) is 0 Å². The van der Waals surface area contributed by atoms with Gasteiger partial charge in [0.2, 0.25) is 15.7 Å². The Hall–Kier alpha value is -2.35. The zero-order chi connectivity index (χ0) is 22.0. The Balaban J connectivity index is 1.66. The molecule has 1 aliphatic heterocycles. The Morgan fingerprint density at radius 2 is 1.84 bits per heavy atom. The monoisotopic (exact) mass is 475 g/mol. The van der Waals surface area contributed by atoms with Crippen molar-refractivity contribution in [1.29, 1.82) is 0 Å². The van der Waals surface area contributed by atoms with Crippen LogP contribution >= 0.6 is 22.9 Å². The van der Waals surface area contributed by atoms with E-state index in [0.29, 0.717) is 17.3 Å². The Kier molecular flexibility index (Phi) is 6.36. The molecule has 0 saturated heterocycles. The molecule has 0 aliphatic carbocycles. The number of nitrogens with one attached hydrogen (secondary N) is 1. The van der Waals surface area contributed by atoms with Crippen LogP contribution in [-0.4, -0.2) is 20.9 Å². The van der Waals surface area contributed by atoms with Gasteiger partial charge < -0.3 is 10.1 Å². The zero-order valence-electron chi connectivity index (χ0n) is 16.9. The van der Waals surface area contributed by atoms with Crippen molar-refractivity contribution >= 4 is 44.4 Å². The van der Waals surface area contributed by atoms with Crippen molar-refractivity contribution in [1.82, 2.24) is 0 Å². The molecule has 1 amide bonds. The lowest BCUT2D eigenvalue weighted by Crippen LogP contribution is -2.23. The van der Waals surface area contributed by atoms with Gasteiger partial charge in [0.1, 0.15) is 10.6 Å². The summed E-state index contributed by atoms with van der Waals surface area (Å²) in [7, 11) is -3.79. The summed E-state index contributed by atoms with van der Waals surface area (Å²) in [6.45, 7) is 2.78. The number of benzene rings is 2. The summed E-state index contributed by atoms with van der Waals surface area (Å²) in [5, 5.41) is 4.85. The normalized spacial score (nSPS) is 15.9. The minimum atomic E-state index is -3.79. The van der Waals surface area contributed by atoms with Gasteiger partial charge in [-0.3, -0.25) is 4.79 Å². The maximum absolute atomic E-state index is 13.2. The summed E-state index contributed by atoms with van der Waals surface area (Å²) < 4.78 is 32.1. The number of hydrogen-bond acceptors (Lipinski definition) is 5. The van der Waals surface area contributed by atoms with Crippen LogP contribution in [0.25, 0.3) is 0 Å².